The Morgan fingerprint density at radius 1 is 1.09 bits per heavy atom. The van der Waals surface area contributed by atoms with Gasteiger partial charge in [-0.15, -0.1) is 0 Å². The molecule has 0 spiro atoms. The van der Waals surface area contributed by atoms with Crippen LogP contribution < -0.4 is 5.32 Å². The zero-order chi connectivity index (χ0) is 15.4. The molecule has 4 nitrogen and oxygen atoms in total. The number of hydrogen-bond donors (Lipinski definition) is 1. The van der Waals surface area contributed by atoms with Crippen LogP contribution in [0.15, 0.2) is 71.3 Å². The predicted molar refractivity (Wildman–Crippen MR) is 89.9 cm³/mol. The second-order valence-corrected chi connectivity index (χ2v) is 5.74. The highest BCUT2D eigenvalue weighted by Crippen LogP contribution is 2.15. The van der Waals surface area contributed by atoms with Gasteiger partial charge in [-0.05, 0) is 23.8 Å². The number of hydrogen-bond acceptors (Lipinski definition) is 2. The molecule has 0 aliphatic heterocycles. The summed E-state index contributed by atoms with van der Waals surface area (Å²) in [5.74, 6) is 0.518. The van der Waals surface area contributed by atoms with Crippen LogP contribution in [0.2, 0.25) is 0 Å². The Balaban J connectivity index is 1.76. The average molecular weight is 356 g/mol. The van der Waals surface area contributed by atoms with Crippen LogP contribution >= 0.6 is 15.9 Å². The molecule has 0 saturated carbocycles. The molecular weight excluding hydrogens is 342 g/mol. The molecule has 0 atom stereocenters. The maximum atomic E-state index is 12.3. The molecule has 1 aromatic heterocycles. The van der Waals surface area contributed by atoms with E-state index in [0.29, 0.717) is 17.9 Å². The van der Waals surface area contributed by atoms with Gasteiger partial charge in [0.15, 0.2) is 0 Å². The minimum atomic E-state index is -0.156. The number of nitrogens with one attached hydrogen (secondary N) is 1. The standard InChI is InChI=1S/C17H14BrN3O/c18-15-8-4-7-14(11-15)17(22)20-16-9-10-19-21(16)12-13-5-2-1-3-6-13/h1-11H,12H2,(H,20,22). The molecular formula is C17H14BrN3O. The van der Waals surface area contributed by atoms with Crippen molar-refractivity contribution in [2.45, 2.75) is 6.54 Å². The van der Waals surface area contributed by atoms with E-state index >= 15 is 0 Å². The first kappa shape index (κ1) is 14.5. The van der Waals surface area contributed by atoms with E-state index in [9.17, 15) is 4.79 Å². The van der Waals surface area contributed by atoms with E-state index in [1.165, 1.54) is 0 Å². The first-order valence-electron chi connectivity index (χ1n) is 6.85. The molecule has 3 aromatic rings. The van der Waals surface area contributed by atoms with E-state index in [1.807, 2.05) is 42.5 Å². The van der Waals surface area contributed by atoms with Gasteiger partial charge in [0, 0.05) is 16.1 Å². The lowest BCUT2D eigenvalue weighted by Gasteiger charge is -2.09. The largest absolute Gasteiger partial charge is 0.307 e. The Morgan fingerprint density at radius 2 is 1.91 bits per heavy atom. The van der Waals surface area contributed by atoms with Gasteiger partial charge in [0.2, 0.25) is 0 Å². The van der Waals surface area contributed by atoms with Crippen LogP contribution in [-0.2, 0) is 6.54 Å². The van der Waals surface area contributed by atoms with Gasteiger partial charge < -0.3 is 5.32 Å². The number of carbonyl (C=O) groups is 1. The summed E-state index contributed by atoms with van der Waals surface area (Å²) in [4.78, 5) is 12.3. The molecule has 3 rings (SSSR count). The molecule has 0 bridgehead atoms. The van der Waals surface area contributed by atoms with Crippen molar-refractivity contribution in [3.63, 3.8) is 0 Å². The molecule has 0 saturated heterocycles. The SMILES string of the molecule is O=C(Nc1ccnn1Cc1ccccc1)c1cccc(Br)c1. The highest BCUT2D eigenvalue weighted by molar-refractivity contribution is 9.10. The van der Waals surface area contributed by atoms with Crippen molar-refractivity contribution in [2.24, 2.45) is 0 Å². The van der Waals surface area contributed by atoms with Gasteiger partial charge in [-0.25, -0.2) is 4.68 Å². The van der Waals surface area contributed by atoms with Crippen LogP contribution in [0.3, 0.4) is 0 Å². The maximum Gasteiger partial charge on any atom is 0.256 e. The Labute approximate surface area is 136 Å². The normalized spacial score (nSPS) is 10.4. The number of benzene rings is 2. The fourth-order valence-corrected chi connectivity index (χ4v) is 2.54. The Bertz CT molecular complexity index is 783. The molecule has 22 heavy (non-hydrogen) atoms. The molecule has 1 heterocycles. The minimum Gasteiger partial charge on any atom is -0.307 e. The number of halogens is 1. The molecule has 110 valence electrons. The van der Waals surface area contributed by atoms with Crippen LogP contribution in [0.25, 0.3) is 0 Å². The Hall–Kier alpha value is -2.40. The Kier molecular flexibility index (Phi) is 4.34. The second-order valence-electron chi connectivity index (χ2n) is 4.82. The highest BCUT2D eigenvalue weighted by atomic mass is 79.9. The van der Waals surface area contributed by atoms with Crippen LogP contribution in [-0.4, -0.2) is 15.7 Å². The lowest BCUT2D eigenvalue weighted by atomic mass is 10.2. The lowest BCUT2D eigenvalue weighted by molar-refractivity contribution is 0.102. The van der Waals surface area contributed by atoms with E-state index in [0.717, 1.165) is 10.0 Å². The van der Waals surface area contributed by atoms with Gasteiger partial charge in [-0.3, -0.25) is 4.79 Å². The zero-order valence-corrected chi connectivity index (χ0v) is 13.3. The third-order valence-corrected chi connectivity index (χ3v) is 3.71. The lowest BCUT2D eigenvalue weighted by Crippen LogP contribution is -2.16. The fourth-order valence-electron chi connectivity index (χ4n) is 2.14. The predicted octanol–water partition coefficient (Wildman–Crippen LogP) is 3.95. The van der Waals surface area contributed by atoms with Crippen molar-refractivity contribution in [2.75, 3.05) is 5.32 Å². The number of rotatable bonds is 4. The molecule has 0 fully saturated rings. The van der Waals surface area contributed by atoms with Gasteiger partial charge in [0.1, 0.15) is 5.82 Å². The van der Waals surface area contributed by atoms with E-state index in [2.05, 4.69) is 26.3 Å². The van der Waals surface area contributed by atoms with Crippen molar-refractivity contribution < 1.29 is 4.79 Å². The van der Waals surface area contributed by atoms with Gasteiger partial charge >= 0.3 is 0 Å². The van der Waals surface area contributed by atoms with Gasteiger partial charge in [-0.1, -0.05) is 52.3 Å². The van der Waals surface area contributed by atoms with E-state index < -0.39 is 0 Å². The fraction of sp³-hybridized carbons (Fsp3) is 0.0588. The molecule has 0 aliphatic carbocycles. The third kappa shape index (κ3) is 3.43. The third-order valence-electron chi connectivity index (χ3n) is 3.22. The Morgan fingerprint density at radius 3 is 2.68 bits per heavy atom. The molecule has 0 radical (unpaired) electrons. The van der Waals surface area contributed by atoms with Crippen molar-refractivity contribution >= 4 is 27.7 Å². The number of aromatic nitrogens is 2. The van der Waals surface area contributed by atoms with Crippen LogP contribution in [0, 0.1) is 0 Å². The summed E-state index contributed by atoms with van der Waals surface area (Å²) in [6.45, 7) is 0.613. The average Bonchev–Trinajstić information content (AvgIpc) is 2.95. The quantitative estimate of drug-likeness (QED) is 0.770. The molecule has 0 unspecified atom stereocenters. The van der Waals surface area contributed by atoms with Crippen molar-refractivity contribution in [3.8, 4) is 0 Å². The first-order valence-corrected chi connectivity index (χ1v) is 7.64. The number of carbonyl (C=O) groups excluding carboxylic acids is 1. The van der Waals surface area contributed by atoms with Gasteiger partial charge in [-0.2, -0.15) is 5.10 Å². The smallest absolute Gasteiger partial charge is 0.256 e. The zero-order valence-electron chi connectivity index (χ0n) is 11.7. The van der Waals surface area contributed by atoms with E-state index in [4.69, 9.17) is 0 Å². The van der Waals surface area contributed by atoms with Crippen LogP contribution in [0.1, 0.15) is 15.9 Å². The molecule has 1 N–H and O–H groups in total. The summed E-state index contributed by atoms with van der Waals surface area (Å²) >= 11 is 3.37. The van der Waals surface area contributed by atoms with Gasteiger partial charge in [0.25, 0.3) is 5.91 Å². The summed E-state index contributed by atoms with van der Waals surface area (Å²) in [5.41, 5.74) is 1.73. The highest BCUT2D eigenvalue weighted by Gasteiger charge is 2.10. The molecule has 0 aliphatic rings. The minimum absolute atomic E-state index is 0.156. The first-order chi connectivity index (χ1) is 10.7. The van der Waals surface area contributed by atoms with Crippen LogP contribution in [0.4, 0.5) is 5.82 Å². The number of nitrogens with zero attached hydrogens (tertiary/aromatic N) is 2. The second kappa shape index (κ2) is 6.58. The van der Waals surface area contributed by atoms with E-state index in [1.54, 1.807) is 29.1 Å². The van der Waals surface area contributed by atoms with Crippen molar-refractivity contribution in [1.82, 2.24) is 9.78 Å². The summed E-state index contributed by atoms with van der Waals surface area (Å²) in [6.07, 6.45) is 1.68. The number of anilines is 1. The maximum absolute atomic E-state index is 12.3. The summed E-state index contributed by atoms with van der Waals surface area (Å²) < 4.78 is 2.64. The van der Waals surface area contributed by atoms with Crippen molar-refractivity contribution in [3.05, 3.63) is 82.5 Å². The van der Waals surface area contributed by atoms with Gasteiger partial charge in [0.05, 0.1) is 12.7 Å². The summed E-state index contributed by atoms with van der Waals surface area (Å²) in [7, 11) is 0. The topological polar surface area (TPSA) is 46.9 Å². The molecule has 1 amide bonds. The summed E-state index contributed by atoms with van der Waals surface area (Å²) in [6, 6.07) is 19.1. The summed E-state index contributed by atoms with van der Waals surface area (Å²) in [5, 5.41) is 7.16. The van der Waals surface area contributed by atoms with Crippen molar-refractivity contribution in [1.29, 1.82) is 0 Å². The number of amides is 1. The monoisotopic (exact) mass is 355 g/mol. The molecule has 5 heteroatoms. The van der Waals surface area contributed by atoms with Crippen LogP contribution in [0.5, 0.6) is 0 Å². The van der Waals surface area contributed by atoms with E-state index in [-0.39, 0.29) is 5.91 Å². The molecule has 2 aromatic carbocycles.